The molecule has 1 atom stereocenters. The topological polar surface area (TPSA) is 80.9 Å². The number of nitrogens with one attached hydrogen (secondary N) is 1. The first-order chi connectivity index (χ1) is 7.63. The van der Waals surface area contributed by atoms with Crippen LogP contribution in [0.4, 0.5) is 5.82 Å². The van der Waals surface area contributed by atoms with Crippen LogP contribution in [0, 0.1) is 0 Å². The van der Waals surface area contributed by atoms with E-state index in [9.17, 15) is 4.79 Å². The first kappa shape index (κ1) is 13.2. The predicted octanol–water partition coefficient (Wildman–Crippen LogP) is 1.15. The largest absolute Gasteiger partial charge is 0.320 e. The Hall–Kier alpha value is -0.850. The van der Waals surface area contributed by atoms with Crippen molar-refractivity contribution in [3.05, 3.63) is 17.5 Å². The Morgan fingerprint density at radius 2 is 2.50 bits per heavy atom. The molecule has 1 aromatic rings. The van der Waals surface area contributed by atoms with Crippen molar-refractivity contribution < 1.29 is 4.79 Å². The summed E-state index contributed by atoms with van der Waals surface area (Å²) >= 11 is 7.23. The van der Waals surface area contributed by atoms with Gasteiger partial charge in [0.15, 0.2) is 0 Å². The van der Waals surface area contributed by atoms with E-state index in [0.717, 1.165) is 5.75 Å². The Morgan fingerprint density at radius 3 is 3.12 bits per heavy atom. The number of anilines is 1. The monoisotopic (exact) mass is 260 g/mol. The van der Waals surface area contributed by atoms with Crippen molar-refractivity contribution in [1.29, 1.82) is 0 Å². The van der Waals surface area contributed by atoms with Gasteiger partial charge in [-0.2, -0.15) is 11.8 Å². The zero-order valence-electron chi connectivity index (χ0n) is 8.81. The van der Waals surface area contributed by atoms with Gasteiger partial charge in [0.25, 0.3) is 0 Å². The molecule has 5 nitrogen and oxygen atoms in total. The summed E-state index contributed by atoms with van der Waals surface area (Å²) in [4.78, 5) is 19.1. The standard InChI is InChI=1S/C9H13ClN4OS/c1-16-5-3-6(11)8(15)13-7-2-4-12-9(10)14-7/h2,4,6H,3,5,11H2,1H3,(H,12,13,14,15)/t6-/m0/s1. The summed E-state index contributed by atoms with van der Waals surface area (Å²) in [5, 5.41) is 2.68. The van der Waals surface area contributed by atoms with Crippen LogP contribution >= 0.6 is 23.4 Å². The minimum atomic E-state index is -0.527. The number of halogens is 1. The second kappa shape index (κ2) is 6.67. The third kappa shape index (κ3) is 4.34. The lowest BCUT2D eigenvalue weighted by Gasteiger charge is -2.10. The van der Waals surface area contributed by atoms with Gasteiger partial charge in [-0.1, -0.05) is 0 Å². The molecule has 88 valence electrons. The molecule has 1 heterocycles. The maximum atomic E-state index is 11.6. The summed E-state index contributed by atoms with van der Waals surface area (Å²) in [6.45, 7) is 0. The number of rotatable bonds is 5. The molecule has 0 aliphatic heterocycles. The van der Waals surface area contributed by atoms with Crippen LogP contribution in [0.5, 0.6) is 0 Å². The highest BCUT2D eigenvalue weighted by Gasteiger charge is 2.13. The fourth-order valence-electron chi connectivity index (χ4n) is 0.999. The highest BCUT2D eigenvalue weighted by atomic mass is 35.5. The zero-order valence-corrected chi connectivity index (χ0v) is 10.4. The fraction of sp³-hybridized carbons (Fsp3) is 0.444. The smallest absolute Gasteiger partial charge is 0.242 e. The Labute approximate surface area is 103 Å². The van der Waals surface area contributed by atoms with Gasteiger partial charge in [0.05, 0.1) is 6.04 Å². The molecule has 7 heteroatoms. The van der Waals surface area contributed by atoms with Gasteiger partial charge < -0.3 is 11.1 Å². The van der Waals surface area contributed by atoms with E-state index in [-0.39, 0.29) is 11.2 Å². The molecule has 0 radical (unpaired) electrons. The summed E-state index contributed by atoms with van der Waals surface area (Å²) < 4.78 is 0. The minimum Gasteiger partial charge on any atom is -0.320 e. The van der Waals surface area contributed by atoms with E-state index in [1.54, 1.807) is 17.8 Å². The summed E-state index contributed by atoms with van der Waals surface area (Å²) in [5.41, 5.74) is 5.69. The summed E-state index contributed by atoms with van der Waals surface area (Å²) in [5.74, 6) is 0.951. The first-order valence-corrected chi connectivity index (χ1v) is 6.44. The van der Waals surface area contributed by atoms with E-state index in [1.807, 2.05) is 6.26 Å². The Morgan fingerprint density at radius 1 is 1.75 bits per heavy atom. The molecule has 0 saturated carbocycles. The number of thioether (sulfide) groups is 1. The van der Waals surface area contributed by atoms with E-state index in [1.165, 1.54) is 6.20 Å². The number of aromatic nitrogens is 2. The Balaban J connectivity index is 2.50. The van der Waals surface area contributed by atoms with E-state index < -0.39 is 6.04 Å². The van der Waals surface area contributed by atoms with E-state index >= 15 is 0 Å². The van der Waals surface area contributed by atoms with Crippen molar-refractivity contribution >= 4 is 35.1 Å². The van der Waals surface area contributed by atoms with Crippen LogP contribution in [0.15, 0.2) is 12.3 Å². The van der Waals surface area contributed by atoms with E-state index in [4.69, 9.17) is 17.3 Å². The quantitative estimate of drug-likeness (QED) is 0.777. The van der Waals surface area contributed by atoms with Gasteiger partial charge in [-0.15, -0.1) is 0 Å². The van der Waals surface area contributed by atoms with Crippen LogP contribution in [-0.2, 0) is 4.79 Å². The number of carbonyl (C=O) groups excluding carboxylic acids is 1. The normalized spacial score (nSPS) is 12.2. The van der Waals surface area contributed by atoms with Crippen LogP contribution in [-0.4, -0.2) is 33.9 Å². The Bertz CT molecular complexity index is 363. The third-order valence-electron chi connectivity index (χ3n) is 1.85. The molecule has 0 unspecified atom stereocenters. The van der Waals surface area contributed by atoms with Crippen molar-refractivity contribution in [3.63, 3.8) is 0 Å². The van der Waals surface area contributed by atoms with Gasteiger partial charge in [0, 0.05) is 6.20 Å². The SMILES string of the molecule is CSCC[C@H](N)C(=O)Nc1ccnc(Cl)n1. The molecule has 0 bridgehead atoms. The molecular formula is C9H13ClN4OS. The molecule has 1 rings (SSSR count). The number of hydrogen-bond acceptors (Lipinski definition) is 5. The maximum Gasteiger partial charge on any atom is 0.242 e. The van der Waals surface area contributed by atoms with Crippen molar-refractivity contribution in [3.8, 4) is 0 Å². The minimum absolute atomic E-state index is 0.0930. The molecule has 0 aliphatic carbocycles. The molecule has 0 fully saturated rings. The fourth-order valence-corrected chi connectivity index (χ4v) is 1.64. The molecule has 1 amide bonds. The molecule has 0 saturated heterocycles. The molecule has 16 heavy (non-hydrogen) atoms. The summed E-state index contributed by atoms with van der Waals surface area (Å²) in [6.07, 6.45) is 4.07. The number of carbonyl (C=O) groups is 1. The van der Waals surface area contributed by atoms with Gasteiger partial charge in [-0.3, -0.25) is 4.79 Å². The van der Waals surface area contributed by atoms with Crippen LogP contribution in [0.2, 0.25) is 5.28 Å². The Kier molecular flexibility index (Phi) is 5.51. The van der Waals surface area contributed by atoms with Crippen LogP contribution < -0.4 is 11.1 Å². The molecule has 3 N–H and O–H groups in total. The van der Waals surface area contributed by atoms with Crippen molar-refractivity contribution in [2.75, 3.05) is 17.3 Å². The molecule has 0 aromatic carbocycles. The lowest BCUT2D eigenvalue weighted by molar-refractivity contribution is -0.117. The molecule has 1 aromatic heterocycles. The average Bonchev–Trinajstić information content (AvgIpc) is 2.25. The highest BCUT2D eigenvalue weighted by molar-refractivity contribution is 7.98. The first-order valence-electron chi connectivity index (χ1n) is 4.67. The van der Waals surface area contributed by atoms with E-state index in [0.29, 0.717) is 12.2 Å². The lowest BCUT2D eigenvalue weighted by atomic mass is 10.2. The summed E-state index contributed by atoms with van der Waals surface area (Å²) in [6, 6.07) is 1.03. The van der Waals surface area contributed by atoms with Crippen LogP contribution in [0.1, 0.15) is 6.42 Å². The van der Waals surface area contributed by atoms with Gasteiger partial charge in [0.2, 0.25) is 11.2 Å². The van der Waals surface area contributed by atoms with Crippen LogP contribution in [0.3, 0.4) is 0 Å². The zero-order chi connectivity index (χ0) is 12.0. The number of amides is 1. The molecule has 0 aliphatic rings. The number of nitrogens with two attached hydrogens (primary N) is 1. The van der Waals surface area contributed by atoms with E-state index in [2.05, 4.69) is 15.3 Å². The second-order valence-electron chi connectivity index (χ2n) is 3.09. The van der Waals surface area contributed by atoms with Gasteiger partial charge in [-0.25, -0.2) is 9.97 Å². The highest BCUT2D eigenvalue weighted by Crippen LogP contribution is 2.07. The van der Waals surface area contributed by atoms with Gasteiger partial charge >= 0.3 is 0 Å². The molecule has 0 spiro atoms. The summed E-state index contributed by atoms with van der Waals surface area (Å²) in [7, 11) is 0. The lowest BCUT2D eigenvalue weighted by Crippen LogP contribution is -2.36. The van der Waals surface area contributed by atoms with Crippen molar-refractivity contribution in [1.82, 2.24) is 9.97 Å². The van der Waals surface area contributed by atoms with Gasteiger partial charge in [-0.05, 0) is 36.1 Å². The van der Waals surface area contributed by atoms with Gasteiger partial charge in [0.1, 0.15) is 5.82 Å². The van der Waals surface area contributed by atoms with Crippen molar-refractivity contribution in [2.45, 2.75) is 12.5 Å². The van der Waals surface area contributed by atoms with Crippen molar-refractivity contribution in [2.24, 2.45) is 5.73 Å². The average molecular weight is 261 g/mol. The third-order valence-corrected chi connectivity index (χ3v) is 2.67. The number of nitrogens with zero attached hydrogens (tertiary/aromatic N) is 2. The number of hydrogen-bond donors (Lipinski definition) is 2. The van der Waals surface area contributed by atoms with Crippen LogP contribution in [0.25, 0.3) is 0 Å². The predicted molar refractivity (Wildman–Crippen MR) is 66.6 cm³/mol. The molecular weight excluding hydrogens is 248 g/mol. The maximum absolute atomic E-state index is 11.6. The second-order valence-corrected chi connectivity index (χ2v) is 4.41.